The van der Waals surface area contributed by atoms with Crippen LogP contribution in [0.5, 0.6) is 5.75 Å². The van der Waals surface area contributed by atoms with Gasteiger partial charge in [-0.3, -0.25) is 5.10 Å². The lowest BCUT2D eigenvalue weighted by molar-refractivity contribution is 0.388. The number of aromatic amines is 1. The van der Waals surface area contributed by atoms with Crippen LogP contribution in [0.1, 0.15) is 0 Å². The molecule has 4 nitrogen and oxygen atoms in total. The number of benzene rings is 1. The van der Waals surface area contributed by atoms with Crippen molar-refractivity contribution in [1.82, 2.24) is 10.2 Å². The molecular formula is C10H9ClFN3O. The molecule has 2 rings (SSSR count). The van der Waals surface area contributed by atoms with E-state index in [1.807, 2.05) is 0 Å². The van der Waals surface area contributed by atoms with Crippen LogP contribution in [-0.4, -0.2) is 17.3 Å². The maximum Gasteiger partial charge on any atom is 0.184 e. The van der Waals surface area contributed by atoms with Gasteiger partial charge in [0.15, 0.2) is 11.6 Å². The first-order valence-corrected chi connectivity index (χ1v) is 4.84. The van der Waals surface area contributed by atoms with Gasteiger partial charge in [0.05, 0.1) is 17.8 Å². The molecule has 3 N–H and O–H groups in total. The molecule has 1 heterocycles. The minimum absolute atomic E-state index is 0.00749. The van der Waals surface area contributed by atoms with Gasteiger partial charge in [-0.25, -0.2) is 4.39 Å². The van der Waals surface area contributed by atoms with Gasteiger partial charge in [0, 0.05) is 11.6 Å². The number of nitrogens with one attached hydrogen (secondary N) is 1. The summed E-state index contributed by atoms with van der Waals surface area (Å²) in [6.45, 7) is 0. The molecule has 84 valence electrons. The van der Waals surface area contributed by atoms with E-state index < -0.39 is 5.82 Å². The zero-order chi connectivity index (χ0) is 11.7. The molecular weight excluding hydrogens is 233 g/mol. The Morgan fingerprint density at radius 2 is 2.25 bits per heavy atom. The molecule has 0 bridgehead atoms. The van der Waals surface area contributed by atoms with Crippen LogP contribution in [0.25, 0.3) is 11.3 Å². The van der Waals surface area contributed by atoms with Crippen LogP contribution in [0, 0.1) is 5.82 Å². The molecule has 0 radical (unpaired) electrons. The van der Waals surface area contributed by atoms with E-state index in [1.165, 1.54) is 13.2 Å². The van der Waals surface area contributed by atoms with E-state index in [0.29, 0.717) is 17.1 Å². The number of ether oxygens (including phenoxy) is 1. The summed E-state index contributed by atoms with van der Waals surface area (Å²) in [5.41, 5.74) is 6.57. The average Bonchev–Trinajstić information content (AvgIpc) is 2.68. The number of hydrogen-bond donors (Lipinski definition) is 2. The summed E-state index contributed by atoms with van der Waals surface area (Å²) in [4.78, 5) is 0. The highest BCUT2D eigenvalue weighted by molar-refractivity contribution is 6.31. The van der Waals surface area contributed by atoms with Gasteiger partial charge in [-0.05, 0) is 12.1 Å². The molecule has 0 aliphatic rings. The Morgan fingerprint density at radius 1 is 1.50 bits per heavy atom. The number of halogens is 2. The topological polar surface area (TPSA) is 63.9 Å². The normalized spacial score (nSPS) is 10.4. The first-order valence-electron chi connectivity index (χ1n) is 4.46. The fourth-order valence-corrected chi connectivity index (χ4v) is 1.57. The molecule has 0 aliphatic carbocycles. The molecule has 0 atom stereocenters. The molecule has 1 aromatic heterocycles. The first-order chi connectivity index (χ1) is 7.63. The van der Waals surface area contributed by atoms with E-state index in [1.54, 1.807) is 12.1 Å². The van der Waals surface area contributed by atoms with Gasteiger partial charge < -0.3 is 10.5 Å². The number of nitrogens with zero attached hydrogens (tertiary/aromatic N) is 1. The molecule has 16 heavy (non-hydrogen) atoms. The van der Waals surface area contributed by atoms with Crippen LogP contribution >= 0.6 is 11.6 Å². The third-order valence-corrected chi connectivity index (χ3v) is 2.43. The van der Waals surface area contributed by atoms with Gasteiger partial charge in [0.2, 0.25) is 0 Å². The Hall–Kier alpha value is -1.75. The van der Waals surface area contributed by atoms with Gasteiger partial charge in [0.1, 0.15) is 5.82 Å². The summed E-state index contributed by atoms with van der Waals surface area (Å²) in [5.74, 6) is -0.210. The van der Waals surface area contributed by atoms with Gasteiger partial charge in [-0.15, -0.1) is 0 Å². The predicted molar refractivity (Wildman–Crippen MR) is 60.0 cm³/mol. The van der Waals surface area contributed by atoms with Crippen molar-refractivity contribution in [3.8, 4) is 17.0 Å². The van der Waals surface area contributed by atoms with Crippen molar-refractivity contribution in [3.05, 3.63) is 29.0 Å². The molecule has 0 fully saturated rings. The molecule has 0 saturated carbocycles. The molecule has 0 saturated heterocycles. The zero-order valence-electron chi connectivity index (χ0n) is 8.42. The zero-order valence-corrected chi connectivity index (χ0v) is 9.18. The first kappa shape index (κ1) is 10.8. The van der Waals surface area contributed by atoms with Crippen LogP contribution in [0.3, 0.4) is 0 Å². The standard InChI is InChI=1S/C10H9ClFN3O/c1-16-10-5(2-3-6(11)9(10)12)7-4-8(13)15-14-7/h2-4H,1H3,(H3,13,14,15). The number of aromatic nitrogens is 2. The highest BCUT2D eigenvalue weighted by atomic mass is 35.5. The van der Waals surface area contributed by atoms with Crippen molar-refractivity contribution in [1.29, 1.82) is 0 Å². The van der Waals surface area contributed by atoms with Crippen molar-refractivity contribution >= 4 is 17.4 Å². The number of rotatable bonds is 2. The molecule has 0 amide bonds. The van der Waals surface area contributed by atoms with Crippen LogP contribution in [0.15, 0.2) is 18.2 Å². The summed E-state index contributed by atoms with van der Waals surface area (Å²) in [7, 11) is 1.37. The average molecular weight is 242 g/mol. The summed E-state index contributed by atoms with van der Waals surface area (Å²) in [6, 6.07) is 4.67. The lowest BCUT2D eigenvalue weighted by atomic mass is 10.1. The summed E-state index contributed by atoms with van der Waals surface area (Å²) < 4.78 is 18.6. The van der Waals surface area contributed by atoms with Gasteiger partial charge >= 0.3 is 0 Å². The third kappa shape index (κ3) is 1.69. The number of methoxy groups -OCH3 is 1. The highest BCUT2D eigenvalue weighted by Gasteiger charge is 2.15. The van der Waals surface area contributed by atoms with Crippen LogP contribution < -0.4 is 10.5 Å². The van der Waals surface area contributed by atoms with Crippen molar-refractivity contribution in [2.24, 2.45) is 0 Å². The fraction of sp³-hybridized carbons (Fsp3) is 0.100. The van der Waals surface area contributed by atoms with E-state index in [-0.39, 0.29) is 10.8 Å². The summed E-state index contributed by atoms with van der Waals surface area (Å²) >= 11 is 5.65. The predicted octanol–water partition coefficient (Wildman–Crippen LogP) is 2.46. The van der Waals surface area contributed by atoms with Crippen molar-refractivity contribution < 1.29 is 9.13 Å². The number of H-pyrrole nitrogens is 1. The molecule has 0 unspecified atom stereocenters. The highest BCUT2D eigenvalue weighted by Crippen LogP contribution is 2.35. The van der Waals surface area contributed by atoms with E-state index in [0.717, 1.165) is 0 Å². The van der Waals surface area contributed by atoms with Gasteiger partial charge in [0.25, 0.3) is 0 Å². The fourth-order valence-electron chi connectivity index (χ4n) is 1.42. The number of hydrogen-bond acceptors (Lipinski definition) is 3. The molecule has 2 aromatic rings. The monoisotopic (exact) mass is 241 g/mol. The van der Waals surface area contributed by atoms with E-state index >= 15 is 0 Å². The second-order valence-electron chi connectivity index (χ2n) is 3.15. The number of anilines is 1. The van der Waals surface area contributed by atoms with Crippen molar-refractivity contribution in [3.63, 3.8) is 0 Å². The van der Waals surface area contributed by atoms with Gasteiger partial charge in [-0.2, -0.15) is 5.10 Å². The maximum absolute atomic E-state index is 13.6. The van der Waals surface area contributed by atoms with E-state index in [9.17, 15) is 4.39 Å². The Bertz CT molecular complexity index is 527. The Kier molecular flexibility index (Phi) is 2.70. The summed E-state index contributed by atoms with van der Waals surface area (Å²) in [6.07, 6.45) is 0. The van der Waals surface area contributed by atoms with E-state index in [2.05, 4.69) is 10.2 Å². The lowest BCUT2D eigenvalue weighted by Gasteiger charge is -2.08. The SMILES string of the molecule is COc1c(-c2cc(N)n[nH]2)ccc(Cl)c1F. The number of nitrogen functional groups attached to an aromatic ring is 1. The van der Waals surface area contributed by atoms with Crippen molar-refractivity contribution in [2.75, 3.05) is 12.8 Å². The third-order valence-electron chi connectivity index (χ3n) is 2.14. The van der Waals surface area contributed by atoms with Crippen LogP contribution in [-0.2, 0) is 0 Å². The molecule has 0 aliphatic heterocycles. The smallest absolute Gasteiger partial charge is 0.184 e. The summed E-state index contributed by atoms with van der Waals surface area (Å²) in [5, 5.41) is 6.45. The molecule has 1 aromatic carbocycles. The molecule has 0 spiro atoms. The van der Waals surface area contributed by atoms with Crippen molar-refractivity contribution in [2.45, 2.75) is 0 Å². The number of nitrogens with two attached hydrogens (primary N) is 1. The second-order valence-corrected chi connectivity index (χ2v) is 3.56. The Morgan fingerprint density at radius 3 is 2.81 bits per heavy atom. The van der Waals surface area contributed by atoms with Crippen LogP contribution in [0.2, 0.25) is 5.02 Å². The van der Waals surface area contributed by atoms with Gasteiger partial charge in [-0.1, -0.05) is 11.6 Å². The minimum Gasteiger partial charge on any atom is -0.493 e. The second kappa shape index (κ2) is 4.02. The minimum atomic E-state index is -0.602. The molecule has 6 heteroatoms. The Labute approximate surface area is 96.2 Å². The Balaban J connectivity index is 2.61. The van der Waals surface area contributed by atoms with E-state index in [4.69, 9.17) is 22.1 Å². The lowest BCUT2D eigenvalue weighted by Crippen LogP contribution is -1.93. The quantitative estimate of drug-likeness (QED) is 0.849. The maximum atomic E-state index is 13.6. The largest absolute Gasteiger partial charge is 0.493 e. The van der Waals surface area contributed by atoms with Crippen LogP contribution in [0.4, 0.5) is 10.2 Å².